The van der Waals surface area contributed by atoms with Gasteiger partial charge in [-0.1, -0.05) is 11.6 Å². The van der Waals surface area contributed by atoms with Crippen LogP contribution in [0, 0.1) is 0 Å². The Kier molecular flexibility index (Phi) is 5.40. The van der Waals surface area contributed by atoms with E-state index in [-0.39, 0.29) is 17.7 Å². The molecule has 8 heteroatoms. The Labute approximate surface area is 176 Å². The summed E-state index contributed by atoms with van der Waals surface area (Å²) in [4.78, 5) is 18.1. The molecule has 1 atom stereocenters. The quantitative estimate of drug-likeness (QED) is 0.798. The average Bonchev–Trinajstić information content (AvgIpc) is 2.71. The van der Waals surface area contributed by atoms with Crippen molar-refractivity contribution in [3.63, 3.8) is 0 Å². The van der Waals surface area contributed by atoms with E-state index in [1.807, 2.05) is 6.07 Å². The zero-order chi connectivity index (χ0) is 20.8. The van der Waals surface area contributed by atoms with Gasteiger partial charge in [-0.25, -0.2) is 13.1 Å². The minimum absolute atomic E-state index is 0.0504. The number of carbonyl (C=O) groups excluding carboxylic acids is 1. The summed E-state index contributed by atoms with van der Waals surface area (Å²) in [7, 11) is -1.54. The van der Waals surface area contributed by atoms with Crippen LogP contribution in [0.1, 0.15) is 48.9 Å². The third-order valence-corrected chi connectivity index (χ3v) is 7.61. The van der Waals surface area contributed by atoms with Crippen molar-refractivity contribution in [3.05, 3.63) is 46.2 Å². The number of benzene rings is 1. The number of pyridine rings is 1. The van der Waals surface area contributed by atoms with Crippen molar-refractivity contribution < 1.29 is 13.2 Å². The molecule has 0 radical (unpaired) electrons. The summed E-state index contributed by atoms with van der Waals surface area (Å²) in [5.41, 5.74) is 5.78. The van der Waals surface area contributed by atoms with Crippen molar-refractivity contribution in [2.24, 2.45) is 0 Å². The van der Waals surface area contributed by atoms with Gasteiger partial charge in [-0.2, -0.15) is 0 Å². The number of fused-ring (bicyclic) bond motifs is 2. The number of aryl methyl sites for hydroxylation is 1. The zero-order valence-electron chi connectivity index (χ0n) is 16.5. The van der Waals surface area contributed by atoms with E-state index in [9.17, 15) is 13.2 Å². The van der Waals surface area contributed by atoms with Gasteiger partial charge in [-0.05, 0) is 61.4 Å². The molecule has 1 aromatic heterocycles. The van der Waals surface area contributed by atoms with Crippen molar-refractivity contribution in [2.45, 2.75) is 45.1 Å². The maximum absolute atomic E-state index is 12.1. The molecule has 1 aliphatic carbocycles. The van der Waals surface area contributed by atoms with Gasteiger partial charge in [0.2, 0.25) is 15.9 Å². The third-order valence-electron chi connectivity index (χ3n) is 5.89. The van der Waals surface area contributed by atoms with Gasteiger partial charge in [0, 0.05) is 48.7 Å². The van der Waals surface area contributed by atoms with E-state index in [4.69, 9.17) is 11.6 Å². The van der Waals surface area contributed by atoms with Gasteiger partial charge in [0.15, 0.2) is 0 Å². The summed E-state index contributed by atoms with van der Waals surface area (Å²) in [5.74, 6) is 0.139. The fourth-order valence-corrected chi connectivity index (χ4v) is 5.35. The lowest BCUT2D eigenvalue weighted by molar-refractivity contribution is -0.118. The van der Waals surface area contributed by atoms with Crippen LogP contribution in [0.5, 0.6) is 0 Å². The second-order valence-corrected chi connectivity index (χ2v) is 10.1. The molecule has 1 unspecified atom stereocenters. The summed E-state index contributed by atoms with van der Waals surface area (Å²) in [6.45, 7) is 1.63. The number of nitrogens with zero attached hydrogens (tertiary/aromatic N) is 2. The molecular formula is C21H24ClN3O3S. The van der Waals surface area contributed by atoms with Crippen LogP contribution in [0.25, 0.3) is 11.1 Å². The molecule has 0 saturated carbocycles. The molecule has 1 N–H and O–H groups in total. The summed E-state index contributed by atoms with van der Waals surface area (Å²) in [5, 5.41) is 0.566. The lowest BCUT2D eigenvalue weighted by Gasteiger charge is -2.29. The molecule has 1 aliphatic heterocycles. The second kappa shape index (κ2) is 7.70. The number of carbonyl (C=O) groups is 1. The molecule has 0 saturated heterocycles. The van der Waals surface area contributed by atoms with Crippen LogP contribution in [-0.2, 0) is 27.7 Å². The highest BCUT2D eigenvalue weighted by Gasteiger charge is 2.28. The number of amides is 1. The van der Waals surface area contributed by atoms with E-state index in [2.05, 4.69) is 15.8 Å². The van der Waals surface area contributed by atoms with Crippen molar-refractivity contribution in [1.82, 2.24) is 9.71 Å². The first kappa shape index (κ1) is 20.3. The number of anilines is 1. The van der Waals surface area contributed by atoms with Crippen LogP contribution in [0.3, 0.4) is 0 Å². The number of hydrogen-bond donors (Lipinski definition) is 1. The molecule has 1 amide bonds. The van der Waals surface area contributed by atoms with Gasteiger partial charge in [0.05, 0.1) is 10.8 Å². The van der Waals surface area contributed by atoms with Gasteiger partial charge < -0.3 is 4.90 Å². The van der Waals surface area contributed by atoms with Gasteiger partial charge in [-0.15, -0.1) is 0 Å². The topological polar surface area (TPSA) is 79.4 Å². The predicted molar refractivity (Wildman–Crippen MR) is 115 cm³/mol. The molecule has 0 spiro atoms. The van der Waals surface area contributed by atoms with Crippen molar-refractivity contribution >= 4 is 33.2 Å². The molecule has 0 bridgehead atoms. The lowest BCUT2D eigenvalue weighted by atomic mass is 9.84. The van der Waals surface area contributed by atoms with E-state index < -0.39 is 10.0 Å². The SMILES string of the molecule is CCS(=O)(=O)NC1CCCc2c(-c3cc4c(cc3Cl)N(C)C(=O)CC4)cncc21. The molecule has 1 aromatic carbocycles. The first-order valence-corrected chi connectivity index (χ1v) is 11.9. The first-order chi connectivity index (χ1) is 13.8. The largest absolute Gasteiger partial charge is 0.315 e. The number of sulfonamides is 1. The van der Waals surface area contributed by atoms with Crippen molar-refractivity contribution in [2.75, 3.05) is 17.7 Å². The molecule has 2 heterocycles. The van der Waals surface area contributed by atoms with Crippen LogP contribution >= 0.6 is 11.6 Å². The van der Waals surface area contributed by atoms with E-state index in [0.717, 1.165) is 52.8 Å². The standard InChI is InChI=1S/C21H24ClN3O3S/c1-3-29(27,28)24-19-6-4-5-14-16(11-23-12-17(14)19)15-9-13-7-8-21(26)25(2)20(13)10-18(15)22/h9-12,19,24H,3-8H2,1-2H3. The lowest BCUT2D eigenvalue weighted by Crippen LogP contribution is -2.32. The van der Waals surface area contributed by atoms with E-state index >= 15 is 0 Å². The van der Waals surface area contributed by atoms with Crippen LogP contribution in [-0.4, -0.2) is 32.1 Å². The van der Waals surface area contributed by atoms with Crippen molar-refractivity contribution in [3.8, 4) is 11.1 Å². The van der Waals surface area contributed by atoms with E-state index in [0.29, 0.717) is 17.9 Å². The first-order valence-electron chi connectivity index (χ1n) is 9.87. The Morgan fingerprint density at radius 3 is 2.76 bits per heavy atom. The van der Waals surface area contributed by atoms with Gasteiger partial charge >= 0.3 is 0 Å². The van der Waals surface area contributed by atoms with E-state index in [1.54, 1.807) is 31.3 Å². The highest BCUT2D eigenvalue weighted by Crippen LogP contribution is 2.41. The summed E-state index contributed by atoms with van der Waals surface area (Å²) >= 11 is 6.64. The fraction of sp³-hybridized carbons (Fsp3) is 0.429. The Bertz CT molecular complexity index is 1080. The number of halogens is 1. The molecule has 4 rings (SSSR count). The highest BCUT2D eigenvalue weighted by molar-refractivity contribution is 7.89. The normalized spacial score (nSPS) is 19.1. The Morgan fingerprint density at radius 2 is 2.00 bits per heavy atom. The average molecular weight is 434 g/mol. The van der Waals surface area contributed by atoms with E-state index in [1.165, 1.54) is 0 Å². The molecule has 6 nitrogen and oxygen atoms in total. The second-order valence-electron chi connectivity index (χ2n) is 7.63. The third kappa shape index (κ3) is 3.79. The molecule has 154 valence electrons. The zero-order valence-corrected chi connectivity index (χ0v) is 18.1. The molecule has 2 aromatic rings. The molecule has 29 heavy (non-hydrogen) atoms. The number of rotatable bonds is 4. The molecule has 0 fully saturated rings. The number of aromatic nitrogens is 1. The smallest absolute Gasteiger partial charge is 0.227 e. The van der Waals surface area contributed by atoms with Gasteiger partial charge in [0.25, 0.3) is 0 Å². The maximum atomic E-state index is 12.1. The Hall–Kier alpha value is -1.96. The van der Waals surface area contributed by atoms with Crippen LogP contribution in [0.15, 0.2) is 24.5 Å². The minimum Gasteiger partial charge on any atom is -0.315 e. The Morgan fingerprint density at radius 1 is 1.21 bits per heavy atom. The number of hydrogen-bond acceptors (Lipinski definition) is 4. The maximum Gasteiger partial charge on any atom is 0.227 e. The Balaban J connectivity index is 1.79. The van der Waals surface area contributed by atoms with Crippen molar-refractivity contribution in [1.29, 1.82) is 0 Å². The summed E-state index contributed by atoms with van der Waals surface area (Å²) < 4.78 is 27.0. The van der Waals surface area contributed by atoms with Gasteiger partial charge in [-0.3, -0.25) is 9.78 Å². The number of nitrogens with one attached hydrogen (secondary N) is 1. The summed E-state index contributed by atoms with van der Waals surface area (Å²) in [6, 6.07) is 3.64. The minimum atomic E-state index is -3.31. The van der Waals surface area contributed by atoms with Crippen LogP contribution in [0.2, 0.25) is 5.02 Å². The van der Waals surface area contributed by atoms with Crippen LogP contribution < -0.4 is 9.62 Å². The summed E-state index contributed by atoms with van der Waals surface area (Å²) in [6.07, 6.45) is 7.23. The monoisotopic (exact) mass is 433 g/mol. The highest BCUT2D eigenvalue weighted by atomic mass is 35.5. The molecule has 2 aliphatic rings. The molecular weight excluding hydrogens is 410 g/mol. The fourth-order valence-electron chi connectivity index (χ4n) is 4.25. The van der Waals surface area contributed by atoms with Gasteiger partial charge in [0.1, 0.15) is 0 Å². The van der Waals surface area contributed by atoms with Crippen LogP contribution in [0.4, 0.5) is 5.69 Å². The predicted octanol–water partition coefficient (Wildman–Crippen LogP) is 3.63.